The molecule has 0 radical (unpaired) electrons. The van der Waals surface area contributed by atoms with E-state index in [1.54, 1.807) is 0 Å². The summed E-state index contributed by atoms with van der Waals surface area (Å²) >= 11 is 0. The number of hydrogen-bond donors (Lipinski definition) is 3. The molecule has 3 N–H and O–H groups in total. The zero-order valence-corrected chi connectivity index (χ0v) is 11.4. The van der Waals surface area contributed by atoms with Gasteiger partial charge in [0.1, 0.15) is 5.75 Å². The number of rotatable bonds is 2. The molecule has 2 atom stereocenters. The molecule has 1 fully saturated rings. The summed E-state index contributed by atoms with van der Waals surface area (Å²) in [7, 11) is 0. The fourth-order valence-corrected chi connectivity index (χ4v) is 2.48. The van der Waals surface area contributed by atoms with Crippen LogP contribution in [0.1, 0.15) is 29.5 Å². The molecular formula is C14H17N3O3. The normalized spacial score (nSPS) is 22.4. The Labute approximate surface area is 116 Å². The second-order valence-corrected chi connectivity index (χ2v) is 5.27. The van der Waals surface area contributed by atoms with Gasteiger partial charge in [-0.3, -0.25) is 0 Å². The van der Waals surface area contributed by atoms with Gasteiger partial charge < -0.3 is 20.1 Å². The molecule has 1 aromatic carbocycles. The van der Waals surface area contributed by atoms with Crippen LogP contribution in [0, 0.1) is 13.8 Å². The van der Waals surface area contributed by atoms with E-state index in [0.29, 0.717) is 24.7 Å². The number of aliphatic hydroxyl groups excluding tert-OH is 1. The molecule has 1 aromatic heterocycles. The summed E-state index contributed by atoms with van der Waals surface area (Å²) < 4.78 is 5.26. The van der Waals surface area contributed by atoms with Crippen molar-refractivity contribution in [3.05, 3.63) is 29.2 Å². The van der Waals surface area contributed by atoms with Crippen LogP contribution in [0.5, 0.6) is 5.75 Å². The summed E-state index contributed by atoms with van der Waals surface area (Å²) in [5.41, 5.74) is 2.37. The lowest BCUT2D eigenvalue weighted by atomic mass is 10.1. The number of nitrogens with one attached hydrogen (secondary N) is 1. The molecule has 3 rings (SSSR count). The van der Waals surface area contributed by atoms with Gasteiger partial charge in [0.2, 0.25) is 11.7 Å². The van der Waals surface area contributed by atoms with E-state index >= 15 is 0 Å². The number of aryl methyl sites for hydroxylation is 2. The van der Waals surface area contributed by atoms with Crippen molar-refractivity contribution in [1.29, 1.82) is 0 Å². The fourth-order valence-electron chi connectivity index (χ4n) is 2.48. The molecule has 20 heavy (non-hydrogen) atoms. The lowest BCUT2D eigenvalue weighted by Crippen LogP contribution is -2.15. The number of aromatic hydroxyl groups is 1. The van der Waals surface area contributed by atoms with Gasteiger partial charge in [-0.05, 0) is 43.5 Å². The molecule has 1 aliphatic heterocycles. The van der Waals surface area contributed by atoms with Gasteiger partial charge in [-0.15, -0.1) is 0 Å². The van der Waals surface area contributed by atoms with E-state index in [1.807, 2.05) is 26.0 Å². The lowest BCUT2D eigenvalue weighted by molar-refractivity contribution is 0.191. The predicted octanol–water partition coefficient (Wildman–Crippen LogP) is 1.45. The van der Waals surface area contributed by atoms with Gasteiger partial charge in [-0.2, -0.15) is 4.98 Å². The Bertz CT molecular complexity index is 615. The van der Waals surface area contributed by atoms with Crippen molar-refractivity contribution in [3.8, 4) is 17.1 Å². The Kier molecular flexibility index (Phi) is 3.19. The van der Waals surface area contributed by atoms with E-state index in [1.165, 1.54) is 0 Å². The van der Waals surface area contributed by atoms with Crippen LogP contribution in [-0.4, -0.2) is 33.0 Å². The van der Waals surface area contributed by atoms with Crippen LogP contribution in [0.15, 0.2) is 16.7 Å². The smallest absolute Gasteiger partial charge is 0.244 e. The zero-order valence-electron chi connectivity index (χ0n) is 11.4. The summed E-state index contributed by atoms with van der Waals surface area (Å²) in [6.45, 7) is 4.21. The Morgan fingerprint density at radius 3 is 2.60 bits per heavy atom. The summed E-state index contributed by atoms with van der Waals surface area (Å²) in [4.78, 5) is 4.38. The second kappa shape index (κ2) is 4.88. The second-order valence-electron chi connectivity index (χ2n) is 5.27. The van der Waals surface area contributed by atoms with E-state index in [0.717, 1.165) is 16.7 Å². The maximum Gasteiger partial charge on any atom is 0.244 e. The van der Waals surface area contributed by atoms with Crippen LogP contribution in [0.4, 0.5) is 0 Å². The highest BCUT2D eigenvalue weighted by atomic mass is 16.5. The number of phenolic OH excluding ortho intramolecular Hbond substituents is 1. The molecule has 0 bridgehead atoms. The highest BCUT2D eigenvalue weighted by Gasteiger charge is 2.28. The van der Waals surface area contributed by atoms with E-state index in [4.69, 9.17) is 4.52 Å². The molecule has 0 spiro atoms. The predicted molar refractivity (Wildman–Crippen MR) is 72.2 cm³/mol. The van der Waals surface area contributed by atoms with Gasteiger partial charge in [0.05, 0.1) is 12.1 Å². The van der Waals surface area contributed by atoms with E-state index in [-0.39, 0.29) is 17.9 Å². The maximum atomic E-state index is 9.78. The van der Waals surface area contributed by atoms with Crippen molar-refractivity contribution in [3.63, 3.8) is 0 Å². The minimum absolute atomic E-state index is 0.0921. The third kappa shape index (κ3) is 2.28. The van der Waals surface area contributed by atoms with Gasteiger partial charge in [0.25, 0.3) is 0 Å². The van der Waals surface area contributed by atoms with E-state index < -0.39 is 0 Å². The van der Waals surface area contributed by atoms with Crippen LogP contribution >= 0.6 is 0 Å². The summed E-state index contributed by atoms with van der Waals surface area (Å²) in [6.07, 6.45) is 0.212. The van der Waals surface area contributed by atoms with Crippen molar-refractivity contribution in [1.82, 2.24) is 15.5 Å². The molecule has 0 amide bonds. The Balaban J connectivity index is 1.90. The van der Waals surface area contributed by atoms with Crippen LogP contribution in [0.2, 0.25) is 0 Å². The van der Waals surface area contributed by atoms with Crippen molar-refractivity contribution in [2.75, 3.05) is 6.54 Å². The third-order valence-corrected chi connectivity index (χ3v) is 3.60. The van der Waals surface area contributed by atoms with Gasteiger partial charge in [-0.25, -0.2) is 0 Å². The van der Waals surface area contributed by atoms with Gasteiger partial charge >= 0.3 is 0 Å². The minimum atomic E-state index is -0.367. The average Bonchev–Trinajstić information content (AvgIpc) is 3.03. The van der Waals surface area contributed by atoms with Gasteiger partial charge in [0, 0.05) is 12.1 Å². The maximum absolute atomic E-state index is 9.78. The molecular weight excluding hydrogens is 258 g/mol. The highest BCUT2D eigenvalue weighted by Crippen LogP contribution is 2.29. The van der Waals surface area contributed by atoms with Crippen molar-refractivity contribution < 1.29 is 14.7 Å². The van der Waals surface area contributed by atoms with Crippen molar-refractivity contribution >= 4 is 0 Å². The molecule has 6 heteroatoms. The zero-order chi connectivity index (χ0) is 14.3. The number of aliphatic hydroxyl groups is 1. The summed E-state index contributed by atoms with van der Waals surface area (Å²) in [5, 5.41) is 26.4. The molecule has 2 heterocycles. The Hall–Kier alpha value is -1.92. The largest absolute Gasteiger partial charge is 0.507 e. The lowest BCUT2D eigenvalue weighted by Gasteiger charge is -2.05. The Morgan fingerprint density at radius 1 is 1.30 bits per heavy atom. The standard InChI is InChI=1S/C14H17N3O3/c1-7-3-9(4-8(2)12(7)19)13-16-14(20-17-13)11-5-10(18)6-15-11/h3-4,10-11,15,18-19H,5-6H2,1-2H3/t10-,11+/m0/s1. The first-order valence-corrected chi connectivity index (χ1v) is 6.60. The Morgan fingerprint density at radius 2 is 2.00 bits per heavy atom. The fraction of sp³-hybridized carbons (Fsp3) is 0.429. The van der Waals surface area contributed by atoms with Crippen LogP contribution in [0.3, 0.4) is 0 Å². The minimum Gasteiger partial charge on any atom is -0.507 e. The molecule has 2 aromatic rings. The topological polar surface area (TPSA) is 91.4 Å². The van der Waals surface area contributed by atoms with Crippen molar-refractivity contribution in [2.45, 2.75) is 32.4 Å². The van der Waals surface area contributed by atoms with E-state index in [2.05, 4.69) is 15.5 Å². The molecule has 1 saturated heterocycles. The quantitative estimate of drug-likeness (QED) is 0.768. The van der Waals surface area contributed by atoms with Gasteiger partial charge in [0.15, 0.2) is 0 Å². The van der Waals surface area contributed by atoms with Crippen LogP contribution < -0.4 is 5.32 Å². The molecule has 106 valence electrons. The third-order valence-electron chi connectivity index (χ3n) is 3.60. The first-order chi connectivity index (χ1) is 9.54. The number of β-amino-alcohol motifs (C(OH)–C–C–N with tert-alkyl or cyclic N) is 1. The number of aromatic nitrogens is 2. The number of hydrogen-bond acceptors (Lipinski definition) is 6. The molecule has 0 unspecified atom stereocenters. The number of nitrogens with zero attached hydrogens (tertiary/aromatic N) is 2. The first kappa shape index (κ1) is 13.1. The summed E-state index contributed by atoms with van der Waals surface area (Å²) in [5.74, 6) is 1.27. The monoisotopic (exact) mass is 275 g/mol. The van der Waals surface area contributed by atoms with E-state index in [9.17, 15) is 10.2 Å². The number of phenols is 1. The number of benzene rings is 1. The van der Waals surface area contributed by atoms with Crippen molar-refractivity contribution in [2.24, 2.45) is 0 Å². The summed E-state index contributed by atoms with van der Waals surface area (Å²) in [6, 6.07) is 3.56. The first-order valence-electron chi connectivity index (χ1n) is 6.60. The SMILES string of the molecule is Cc1cc(-c2noc([C@H]3C[C@H](O)CN3)n2)cc(C)c1O. The molecule has 0 aliphatic carbocycles. The molecule has 1 aliphatic rings. The van der Waals surface area contributed by atoms with Crippen LogP contribution in [0.25, 0.3) is 11.4 Å². The van der Waals surface area contributed by atoms with Gasteiger partial charge in [-0.1, -0.05) is 5.16 Å². The average molecular weight is 275 g/mol. The molecule has 0 saturated carbocycles. The highest BCUT2D eigenvalue weighted by molar-refractivity contribution is 5.60. The molecule has 6 nitrogen and oxygen atoms in total. The van der Waals surface area contributed by atoms with Crippen LogP contribution in [-0.2, 0) is 0 Å².